The molecule has 3 rings (SSSR count). The van der Waals surface area contributed by atoms with E-state index in [1.807, 2.05) is 24.7 Å². The molecule has 0 aliphatic carbocycles. The summed E-state index contributed by atoms with van der Waals surface area (Å²) in [4.78, 5) is 4.04. The van der Waals surface area contributed by atoms with Crippen LogP contribution in [0, 0.1) is 0 Å². The lowest BCUT2D eigenvalue weighted by Gasteiger charge is -2.11. The molecule has 1 aromatic heterocycles. The number of aromatic nitrogens is 2. The normalized spacial score (nSPS) is 10.1. The maximum Gasteiger partial charge on any atom is 0.122 e. The van der Waals surface area contributed by atoms with E-state index in [0.717, 1.165) is 25.1 Å². The minimum absolute atomic E-state index is 0. The van der Waals surface area contributed by atoms with Gasteiger partial charge in [0.05, 0.1) is 12.9 Å². The minimum atomic E-state index is 0. The van der Waals surface area contributed by atoms with Crippen molar-refractivity contribution in [1.29, 1.82) is 0 Å². The summed E-state index contributed by atoms with van der Waals surface area (Å²) < 4.78 is 8.04. The molecule has 3 nitrogen and oxygen atoms in total. The van der Waals surface area contributed by atoms with Gasteiger partial charge in [0.15, 0.2) is 0 Å². The van der Waals surface area contributed by atoms with Crippen molar-refractivity contribution in [3.8, 4) is 5.75 Å². The Morgan fingerprint density at radius 3 is 2.52 bits per heavy atom. The van der Waals surface area contributed by atoms with Crippen LogP contribution >= 0.6 is 12.4 Å². The predicted octanol–water partition coefficient (Wildman–Crippen LogP) is 4.36. The molecule has 0 amide bonds. The molecule has 0 saturated carbocycles. The number of imidazole rings is 1. The highest BCUT2D eigenvalue weighted by Gasteiger charge is 2.04. The number of benzene rings is 2. The highest BCUT2D eigenvalue weighted by molar-refractivity contribution is 5.85. The van der Waals surface area contributed by atoms with Crippen molar-refractivity contribution in [2.45, 2.75) is 19.4 Å². The fourth-order valence-corrected chi connectivity index (χ4v) is 2.45. The molecule has 0 atom stereocenters. The summed E-state index contributed by atoms with van der Waals surface area (Å²) >= 11 is 0. The molecular formula is C19H21ClN2O. The van der Waals surface area contributed by atoms with Gasteiger partial charge in [-0.15, -0.1) is 12.4 Å². The molecule has 0 unspecified atom stereocenters. The average Bonchev–Trinajstić information content (AvgIpc) is 3.07. The van der Waals surface area contributed by atoms with Crippen molar-refractivity contribution in [3.05, 3.63) is 84.4 Å². The van der Waals surface area contributed by atoms with Crippen LogP contribution < -0.4 is 4.74 Å². The molecule has 0 fully saturated rings. The van der Waals surface area contributed by atoms with Gasteiger partial charge in [-0.3, -0.25) is 0 Å². The molecule has 3 aromatic rings. The van der Waals surface area contributed by atoms with Crippen LogP contribution in [0.25, 0.3) is 0 Å². The van der Waals surface area contributed by atoms with Gasteiger partial charge in [0.2, 0.25) is 0 Å². The maximum atomic E-state index is 5.97. The van der Waals surface area contributed by atoms with Crippen LogP contribution in [-0.4, -0.2) is 16.2 Å². The highest BCUT2D eigenvalue weighted by Crippen LogP contribution is 2.21. The zero-order chi connectivity index (χ0) is 15.0. The Balaban J connectivity index is 0.00000192. The van der Waals surface area contributed by atoms with Gasteiger partial charge >= 0.3 is 0 Å². The lowest BCUT2D eigenvalue weighted by atomic mass is 10.0. The monoisotopic (exact) mass is 328 g/mol. The standard InChI is InChI=1S/C19H20N2O.ClH/c1-2-7-17(8-3-1)15-18-9-4-5-10-19(18)22-14-6-12-21-13-11-20-16-21;/h1-5,7-11,13,16H,6,12,14-15H2;1H. The highest BCUT2D eigenvalue weighted by atomic mass is 35.5. The maximum absolute atomic E-state index is 5.97. The number of halogens is 1. The summed E-state index contributed by atoms with van der Waals surface area (Å²) in [7, 11) is 0. The molecule has 0 aliphatic rings. The summed E-state index contributed by atoms with van der Waals surface area (Å²) in [5, 5.41) is 0. The predicted molar refractivity (Wildman–Crippen MR) is 95.3 cm³/mol. The summed E-state index contributed by atoms with van der Waals surface area (Å²) in [5.41, 5.74) is 2.54. The molecule has 0 aliphatic heterocycles. The van der Waals surface area contributed by atoms with E-state index >= 15 is 0 Å². The number of nitrogens with zero attached hydrogens (tertiary/aromatic N) is 2. The lowest BCUT2D eigenvalue weighted by Crippen LogP contribution is -2.04. The fourth-order valence-electron chi connectivity index (χ4n) is 2.45. The van der Waals surface area contributed by atoms with Crippen LogP contribution in [-0.2, 0) is 13.0 Å². The van der Waals surface area contributed by atoms with E-state index in [2.05, 4.69) is 52.0 Å². The Morgan fingerprint density at radius 1 is 0.957 bits per heavy atom. The second-order valence-corrected chi connectivity index (χ2v) is 5.27. The van der Waals surface area contributed by atoms with Crippen LogP contribution in [0.4, 0.5) is 0 Å². The van der Waals surface area contributed by atoms with Crippen molar-refractivity contribution < 1.29 is 4.74 Å². The Bertz CT molecular complexity index is 684. The summed E-state index contributed by atoms with van der Waals surface area (Å²) in [6.45, 7) is 1.64. The van der Waals surface area contributed by atoms with Gasteiger partial charge in [-0.25, -0.2) is 4.98 Å². The first kappa shape index (κ1) is 17.1. The third-order valence-corrected chi connectivity index (χ3v) is 3.59. The molecule has 23 heavy (non-hydrogen) atoms. The van der Waals surface area contributed by atoms with E-state index in [9.17, 15) is 0 Å². The number of aryl methyl sites for hydroxylation is 1. The molecule has 0 radical (unpaired) electrons. The Kier molecular flexibility index (Phi) is 6.70. The lowest BCUT2D eigenvalue weighted by molar-refractivity contribution is 0.299. The van der Waals surface area contributed by atoms with Gasteiger partial charge in [0, 0.05) is 25.4 Å². The summed E-state index contributed by atoms with van der Waals surface area (Å²) in [6, 6.07) is 18.8. The topological polar surface area (TPSA) is 27.1 Å². The number of hydrogen-bond acceptors (Lipinski definition) is 2. The molecule has 2 aromatic carbocycles. The quantitative estimate of drug-likeness (QED) is 0.602. The molecular weight excluding hydrogens is 308 g/mol. The van der Waals surface area contributed by atoms with E-state index in [-0.39, 0.29) is 12.4 Å². The van der Waals surface area contributed by atoms with Crippen LogP contribution in [0.2, 0.25) is 0 Å². The van der Waals surface area contributed by atoms with Crippen molar-refractivity contribution in [2.24, 2.45) is 0 Å². The van der Waals surface area contributed by atoms with E-state index in [1.165, 1.54) is 11.1 Å². The fraction of sp³-hybridized carbons (Fsp3) is 0.211. The molecule has 0 spiro atoms. The van der Waals surface area contributed by atoms with Gasteiger partial charge in [-0.1, -0.05) is 48.5 Å². The van der Waals surface area contributed by atoms with E-state index in [0.29, 0.717) is 6.61 Å². The second kappa shape index (κ2) is 9.01. The SMILES string of the molecule is Cl.c1ccc(Cc2ccccc2OCCCn2ccnc2)cc1. The van der Waals surface area contributed by atoms with Crippen LogP contribution in [0.3, 0.4) is 0 Å². The van der Waals surface area contributed by atoms with E-state index in [4.69, 9.17) is 4.74 Å². The minimum Gasteiger partial charge on any atom is -0.493 e. The number of para-hydroxylation sites is 1. The molecule has 120 valence electrons. The summed E-state index contributed by atoms with van der Waals surface area (Å²) in [5.74, 6) is 0.983. The van der Waals surface area contributed by atoms with Crippen molar-refractivity contribution in [2.75, 3.05) is 6.61 Å². The van der Waals surface area contributed by atoms with E-state index < -0.39 is 0 Å². The van der Waals surface area contributed by atoms with Gasteiger partial charge < -0.3 is 9.30 Å². The first-order valence-corrected chi connectivity index (χ1v) is 7.62. The molecule has 4 heteroatoms. The van der Waals surface area contributed by atoms with E-state index in [1.54, 1.807) is 6.20 Å². The number of rotatable bonds is 7. The van der Waals surface area contributed by atoms with Gasteiger partial charge in [-0.2, -0.15) is 0 Å². The van der Waals surface area contributed by atoms with Gasteiger partial charge in [0.1, 0.15) is 5.75 Å². The number of ether oxygens (including phenoxy) is 1. The third-order valence-electron chi connectivity index (χ3n) is 3.59. The largest absolute Gasteiger partial charge is 0.493 e. The van der Waals surface area contributed by atoms with Crippen molar-refractivity contribution >= 4 is 12.4 Å². The molecule has 0 saturated heterocycles. The average molecular weight is 329 g/mol. The molecule has 0 N–H and O–H groups in total. The van der Waals surface area contributed by atoms with Crippen LogP contribution in [0.15, 0.2) is 73.3 Å². The zero-order valence-corrected chi connectivity index (χ0v) is 13.8. The third kappa shape index (κ3) is 5.15. The van der Waals surface area contributed by atoms with Crippen LogP contribution in [0.5, 0.6) is 5.75 Å². The Hall–Kier alpha value is -2.26. The van der Waals surface area contributed by atoms with Gasteiger partial charge in [-0.05, 0) is 23.6 Å². The summed E-state index contributed by atoms with van der Waals surface area (Å²) in [6.07, 6.45) is 7.48. The number of hydrogen-bond donors (Lipinski definition) is 0. The zero-order valence-electron chi connectivity index (χ0n) is 13.0. The Morgan fingerprint density at radius 2 is 1.74 bits per heavy atom. The van der Waals surface area contributed by atoms with Crippen molar-refractivity contribution in [1.82, 2.24) is 9.55 Å². The first-order valence-electron chi connectivity index (χ1n) is 7.62. The smallest absolute Gasteiger partial charge is 0.122 e. The Labute approximate surface area is 143 Å². The second-order valence-electron chi connectivity index (χ2n) is 5.27. The van der Waals surface area contributed by atoms with Gasteiger partial charge in [0.25, 0.3) is 0 Å². The van der Waals surface area contributed by atoms with Crippen LogP contribution in [0.1, 0.15) is 17.5 Å². The van der Waals surface area contributed by atoms with Crippen molar-refractivity contribution in [3.63, 3.8) is 0 Å². The molecule has 0 bridgehead atoms. The first-order chi connectivity index (χ1) is 10.9. The molecule has 1 heterocycles.